The highest BCUT2D eigenvalue weighted by Gasteiger charge is 2.33. The number of imidazole rings is 1. The van der Waals surface area contributed by atoms with Gasteiger partial charge in [0, 0.05) is 24.4 Å². The number of hydrogen-bond donors (Lipinski definition) is 2. The molecule has 5 heteroatoms. The van der Waals surface area contributed by atoms with Crippen molar-refractivity contribution in [1.82, 2.24) is 14.9 Å². The maximum absolute atomic E-state index is 11.7. The molecule has 1 aliphatic rings. The van der Waals surface area contributed by atoms with E-state index in [-0.39, 0.29) is 18.1 Å². The van der Waals surface area contributed by atoms with Crippen LogP contribution < -0.4 is 5.32 Å². The first kappa shape index (κ1) is 11.1. The van der Waals surface area contributed by atoms with Crippen molar-refractivity contribution >= 4 is 6.03 Å². The van der Waals surface area contributed by atoms with Gasteiger partial charge in [0.1, 0.15) is 6.33 Å². The van der Waals surface area contributed by atoms with Gasteiger partial charge in [0.05, 0.1) is 6.61 Å². The van der Waals surface area contributed by atoms with E-state index in [1.807, 2.05) is 0 Å². The SMILES string of the molecule is O=C(NCC1(CO)CCCC1)n1ccnc1. The highest BCUT2D eigenvalue weighted by Crippen LogP contribution is 2.36. The van der Waals surface area contributed by atoms with E-state index in [2.05, 4.69) is 10.3 Å². The second kappa shape index (κ2) is 4.65. The average Bonchev–Trinajstić information content (AvgIpc) is 2.98. The third-order valence-corrected chi connectivity index (χ3v) is 3.35. The fourth-order valence-electron chi connectivity index (χ4n) is 2.25. The number of rotatable bonds is 3. The standard InChI is InChI=1S/C11H17N3O2/c15-8-11(3-1-2-4-11)7-13-10(16)14-6-5-12-9-14/h5-6,9,15H,1-4,7-8H2,(H,13,16). The lowest BCUT2D eigenvalue weighted by Crippen LogP contribution is -2.39. The van der Waals surface area contributed by atoms with Gasteiger partial charge in [0.15, 0.2) is 0 Å². The highest BCUT2D eigenvalue weighted by molar-refractivity contribution is 5.76. The molecule has 5 nitrogen and oxygen atoms in total. The monoisotopic (exact) mass is 223 g/mol. The van der Waals surface area contributed by atoms with Gasteiger partial charge in [0.25, 0.3) is 0 Å². The Kier molecular flexibility index (Phi) is 3.24. The Morgan fingerprint density at radius 2 is 2.25 bits per heavy atom. The number of carbonyl (C=O) groups is 1. The zero-order valence-electron chi connectivity index (χ0n) is 9.22. The molecule has 0 atom stereocenters. The molecule has 0 spiro atoms. The molecule has 1 aromatic rings. The van der Waals surface area contributed by atoms with Crippen LogP contribution in [0.2, 0.25) is 0 Å². The lowest BCUT2D eigenvalue weighted by Gasteiger charge is -2.26. The molecule has 2 rings (SSSR count). The van der Waals surface area contributed by atoms with Gasteiger partial charge in [-0.05, 0) is 12.8 Å². The lowest BCUT2D eigenvalue weighted by molar-refractivity contribution is 0.130. The molecule has 16 heavy (non-hydrogen) atoms. The van der Waals surface area contributed by atoms with Gasteiger partial charge in [-0.1, -0.05) is 12.8 Å². The summed E-state index contributed by atoms with van der Waals surface area (Å²) in [6.07, 6.45) is 8.91. The van der Waals surface area contributed by atoms with Crippen molar-refractivity contribution < 1.29 is 9.90 Å². The molecule has 1 fully saturated rings. The first-order valence-corrected chi connectivity index (χ1v) is 5.63. The molecule has 1 saturated carbocycles. The number of aliphatic hydroxyl groups is 1. The smallest absolute Gasteiger partial charge is 0.326 e. The fraction of sp³-hybridized carbons (Fsp3) is 0.636. The van der Waals surface area contributed by atoms with E-state index >= 15 is 0 Å². The summed E-state index contributed by atoms with van der Waals surface area (Å²) in [5.74, 6) is 0. The number of aliphatic hydroxyl groups excluding tert-OH is 1. The molecule has 1 aliphatic carbocycles. The minimum Gasteiger partial charge on any atom is -0.396 e. The minimum atomic E-state index is -0.183. The number of amides is 1. The minimum absolute atomic E-state index is 0.101. The number of nitrogens with zero attached hydrogens (tertiary/aromatic N) is 2. The van der Waals surface area contributed by atoms with Crippen molar-refractivity contribution in [2.75, 3.05) is 13.2 Å². The van der Waals surface area contributed by atoms with Crippen molar-refractivity contribution in [2.24, 2.45) is 5.41 Å². The number of hydrogen-bond acceptors (Lipinski definition) is 3. The van der Waals surface area contributed by atoms with E-state index in [0.717, 1.165) is 25.7 Å². The number of aromatic nitrogens is 2. The van der Waals surface area contributed by atoms with E-state index in [1.165, 1.54) is 10.9 Å². The van der Waals surface area contributed by atoms with Crippen LogP contribution in [-0.2, 0) is 0 Å². The second-order valence-electron chi connectivity index (χ2n) is 4.49. The predicted octanol–water partition coefficient (Wildman–Crippen LogP) is 0.994. The van der Waals surface area contributed by atoms with Crippen molar-refractivity contribution in [2.45, 2.75) is 25.7 Å². The summed E-state index contributed by atoms with van der Waals surface area (Å²) in [6, 6.07) is -0.183. The third-order valence-electron chi connectivity index (χ3n) is 3.35. The Bertz CT molecular complexity index is 342. The first-order valence-electron chi connectivity index (χ1n) is 5.63. The van der Waals surface area contributed by atoms with Gasteiger partial charge in [-0.2, -0.15) is 0 Å². The fourth-order valence-corrected chi connectivity index (χ4v) is 2.25. The van der Waals surface area contributed by atoms with Crippen molar-refractivity contribution in [3.05, 3.63) is 18.7 Å². The van der Waals surface area contributed by atoms with Gasteiger partial charge in [-0.3, -0.25) is 4.57 Å². The summed E-state index contributed by atoms with van der Waals surface area (Å²) in [4.78, 5) is 15.5. The molecule has 0 saturated heterocycles. The normalized spacial score (nSPS) is 18.6. The molecule has 0 unspecified atom stereocenters. The van der Waals surface area contributed by atoms with Crippen LogP contribution in [0.1, 0.15) is 25.7 Å². The molecular formula is C11H17N3O2. The molecule has 1 heterocycles. The van der Waals surface area contributed by atoms with E-state index in [1.54, 1.807) is 12.4 Å². The van der Waals surface area contributed by atoms with Gasteiger partial charge in [0.2, 0.25) is 0 Å². The van der Waals surface area contributed by atoms with Gasteiger partial charge < -0.3 is 10.4 Å². The van der Waals surface area contributed by atoms with Gasteiger partial charge >= 0.3 is 6.03 Å². The molecule has 0 aliphatic heterocycles. The highest BCUT2D eigenvalue weighted by atomic mass is 16.3. The summed E-state index contributed by atoms with van der Waals surface area (Å²) in [5.41, 5.74) is -0.101. The van der Waals surface area contributed by atoms with Crippen LogP contribution in [0.15, 0.2) is 18.7 Å². The second-order valence-corrected chi connectivity index (χ2v) is 4.49. The largest absolute Gasteiger partial charge is 0.396 e. The van der Waals surface area contributed by atoms with Crippen LogP contribution >= 0.6 is 0 Å². The van der Waals surface area contributed by atoms with E-state index < -0.39 is 0 Å². The summed E-state index contributed by atoms with van der Waals surface area (Å²) in [7, 11) is 0. The molecule has 1 amide bonds. The van der Waals surface area contributed by atoms with Gasteiger partial charge in [-0.15, -0.1) is 0 Å². The summed E-state index contributed by atoms with van der Waals surface area (Å²) in [6.45, 7) is 0.692. The zero-order valence-corrected chi connectivity index (χ0v) is 9.22. The van der Waals surface area contributed by atoms with Crippen LogP contribution in [0.5, 0.6) is 0 Å². The summed E-state index contributed by atoms with van der Waals surface area (Å²) >= 11 is 0. The van der Waals surface area contributed by atoms with Crippen LogP contribution in [0.3, 0.4) is 0 Å². The van der Waals surface area contributed by atoms with Crippen LogP contribution in [0, 0.1) is 5.41 Å². The van der Waals surface area contributed by atoms with Crippen LogP contribution in [-0.4, -0.2) is 33.8 Å². The predicted molar refractivity (Wildman–Crippen MR) is 59.0 cm³/mol. The Balaban J connectivity index is 1.89. The Labute approximate surface area is 94.5 Å². The number of carbonyl (C=O) groups excluding carboxylic acids is 1. The lowest BCUT2D eigenvalue weighted by atomic mass is 9.87. The average molecular weight is 223 g/mol. The summed E-state index contributed by atoms with van der Waals surface area (Å²) in [5, 5.41) is 12.2. The summed E-state index contributed by atoms with van der Waals surface area (Å²) < 4.78 is 1.40. The topological polar surface area (TPSA) is 67.2 Å². The Morgan fingerprint density at radius 3 is 2.81 bits per heavy atom. The van der Waals surface area contributed by atoms with E-state index in [9.17, 15) is 9.90 Å². The van der Waals surface area contributed by atoms with E-state index in [4.69, 9.17) is 0 Å². The zero-order chi connectivity index (χ0) is 11.4. The van der Waals surface area contributed by atoms with Crippen molar-refractivity contribution in [3.8, 4) is 0 Å². The molecule has 0 bridgehead atoms. The quantitative estimate of drug-likeness (QED) is 0.803. The van der Waals surface area contributed by atoms with Crippen molar-refractivity contribution in [3.63, 3.8) is 0 Å². The van der Waals surface area contributed by atoms with Crippen LogP contribution in [0.25, 0.3) is 0 Å². The molecule has 0 radical (unpaired) electrons. The Hall–Kier alpha value is -1.36. The molecule has 88 valence electrons. The molecule has 1 aromatic heterocycles. The molecular weight excluding hydrogens is 206 g/mol. The molecule has 0 aromatic carbocycles. The maximum atomic E-state index is 11.7. The molecule has 2 N–H and O–H groups in total. The van der Waals surface area contributed by atoms with Gasteiger partial charge in [-0.25, -0.2) is 9.78 Å². The maximum Gasteiger partial charge on any atom is 0.326 e. The van der Waals surface area contributed by atoms with Crippen molar-refractivity contribution in [1.29, 1.82) is 0 Å². The Morgan fingerprint density at radius 1 is 1.50 bits per heavy atom. The number of nitrogens with one attached hydrogen (secondary N) is 1. The first-order chi connectivity index (χ1) is 7.76. The third kappa shape index (κ3) is 2.24. The van der Waals surface area contributed by atoms with Crippen LogP contribution in [0.4, 0.5) is 4.79 Å². The van der Waals surface area contributed by atoms with E-state index in [0.29, 0.717) is 6.54 Å².